The Morgan fingerprint density at radius 1 is 1.39 bits per heavy atom. The van der Waals surface area contributed by atoms with Crippen LogP contribution in [0.2, 0.25) is 5.02 Å². The van der Waals surface area contributed by atoms with Crippen molar-refractivity contribution < 1.29 is 4.79 Å². The standard InChI is InChI=1S/C16H11BrClN3OS/c1-21-15(22)14(8-10-3-2-4-11(17)7-10)23-16(21)20-13-5-6-19-9-12(13)18/h2-9H,1H3/b14-8-,20-16?. The van der Waals surface area contributed by atoms with Crippen LogP contribution in [0.5, 0.6) is 0 Å². The number of aliphatic imine (C=N–C) groups is 1. The molecule has 0 spiro atoms. The van der Waals surface area contributed by atoms with E-state index in [-0.39, 0.29) is 5.91 Å². The lowest BCUT2D eigenvalue weighted by Gasteiger charge is -2.07. The summed E-state index contributed by atoms with van der Waals surface area (Å²) in [6.45, 7) is 0. The molecule has 0 N–H and O–H groups in total. The van der Waals surface area contributed by atoms with Crippen LogP contribution in [0.1, 0.15) is 5.56 Å². The molecule has 0 atom stereocenters. The number of amidine groups is 1. The van der Waals surface area contributed by atoms with Gasteiger partial charge in [-0.3, -0.25) is 14.7 Å². The van der Waals surface area contributed by atoms with Crippen molar-refractivity contribution in [2.75, 3.05) is 7.05 Å². The van der Waals surface area contributed by atoms with Crippen molar-refractivity contribution in [3.05, 3.63) is 62.7 Å². The summed E-state index contributed by atoms with van der Waals surface area (Å²) in [4.78, 5) is 22.9. The van der Waals surface area contributed by atoms with Crippen LogP contribution in [0.3, 0.4) is 0 Å². The third-order valence-electron chi connectivity index (χ3n) is 3.12. The maximum atomic E-state index is 12.4. The molecule has 1 aromatic heterocycles. The predicted octanol–water partition coefficient (Wildman–Crippen LogP) is 4.73. The van der Waals surface area contributed by atoms with E-state index in [9.17, 15) is 4.79 Å². The molecule has 0 radical (unpaired) electrons. The number of benzene rings is 1. The summed E-state index contributed by atoms with van der Waals surface area (Å²) >= 11 is 10.8. The fourth-order valence-corrected chi connectivity index (χ4v) is 3.52. The molecule has 7 heteroatoms. The van der Waals surface area contributed by atoms with Crippen LogP contribution in [-0.4, -0.2) is 28.0 Å². The van der Waals surface area contributed by atoms with E-state index < -0.39 is 0 Å². The zero-order valence-corrected chi connectivity index (χ0v) is 15.2. The van der Waals surface area contributed by atoms with Gasteiger partial charge in [0, 0.05) is 23.9 Å². The highest BCUT2D eigenvalue weighted by molar-refractivity contribution is 9.10. The lowest BCUT2D eigenvalue weighted by atomic mass is 10.2. The summed E-state index contributed by atoms with van der Waals surface area (Å²) < 4.78 is 0.966. The van der Waals surface area contributed by atoms with Crippen LogP contribution in [-0.2, 0) is 4.79 Å². The van der Waals surface area contributed by atoms with E-state index in [0.717, 1.165) is 10.0 Å². The molecule has 1 fully saturated rings. The number of carbonyl (C=O) groups is 1. The van der Waals surface area contributed by atoms with E-state index in [2.05, 4.69) is 25.9 Å². The van der Waals surface area contributed by atoms with Gasteiger partial charge in [-0.05, 0) is 41.6 Å². The smallest absolute Gasteiger partial charge is 0.266 e. The predicted molar refractivity (Wildman–Crippen MR) is 98.8 cm³/mol. The van der Waals surface area contributed by atoms with Crippen molar-refractivity contribution >= 4 is 62.1 Å². The molecule has 1 amide bonds. The van der Waals surface area contributed by atoms with Gasteiger partial charge in [-0.1, -0.05) is 39.7 Å². The van der Waals surface area contributed by atoms with E-state index in [1.165, 1.54) is 22.9 Å². The van der Waals surface area contributed by atoms with Crippen LogP contribution < -0.4 is 0 Å². The van der Waals surface area contributed by atoms with Gasteiger partial charge in [0.25, 0.3) is 5.91 Å². The zero-order valence-electron chi connectivity index (χ0n) is 12.0. The summed E-state index contributed by atoms with van der Waals surface area (Å²) in [5, 5.41) is 1.04. The summed E-state index contributed by atoms with van der Waals surface area (Å²) in [5.41, 5.74) is 1.54. The molecule has 0 bridgehead atoms. The van der Waals surface area contributed by atoms with Crippen molar-refractivity contribution in [1.29, 1.82) is 0 Å². The van der Waals surface area contributed by atoms with Gasteiger partial charge >= 0.3 is 0 Å². The molecule has 1 aliphatic heterocycles. The second-order valence-corrected chi connectivity index (χ2v) is 7.08. The molecule has 23 heavy (non-hydrogen) atoms. The minimum absolute atomic E-state index is 0.0843. The van der Waals surface area contributed by atoms with Crippen LogP contribution in [0.15, 0.2) is 57.1 Å². The van der Waals surface area contributed by atoms with Crippen LogP contribution >= 0.6 is 39.3 Å². The number of likely N-dealkylation sites (N-methyl/N-ethyl adjacent to an activating group) is 1. The van der Waals surface area contributed by atoms with Crippen molar-refractivity contribution in [2.45, 2.75) is 0 Å². The maximum Gasteiger partial charge on any atom is 0.266 e. The Bertz CT molecular complexity index is 838. The highest BCUT2D eigenvalue weighted by atomic mass is 79.9. The van der Waals surface area contributed by atoms with E-state index in [4.69, 9.17) is 11.6 Å². The molecule has 0 aliphatic carbocycles. The van der Waals surface area contributed by atoms with Gasteiger partial charge in [-0.25, -0.2) is 4.99 Å². The molecule has 116 valence electrons. The first-order chi connectivity index (χ1) is 11.0. The summed E-state index contributed by atoms with van der Waals surface area (Å²) in [5.74, 6) is -0.0843. The molecule has 0 saturated carbocycles. The van der Waals surface area contributed by atoms with Crippen molar-refractivity contribution in [3.8, 4) is 0 Å². The third kappa shape index (κ3) is 3.65. The normalized spacial score (nSPS) is 18.2. The third-order valence-corrected chi connectivity index (χ3v) is 4.96. The Morgan fingerprint density at radius 3 is 2.96 bits per heavy atom. The minimum Gasteiger partial charge on any atom is -0.290 e. The Kier molecular flexibility index (Phi) is 4.84. The number of nitrogens with zero attached hydrogens (tertiary/aromatic N) is 3. The first-order valence-corrected chi connectivity index (χ1v) is 8.65. The number of hydrogen-bond donors (Lipinski definition) is 0. The molecular formula is C16H11BrClN3OS. The number of aromatic nitrogens is 1. The van der Waals surface area contributed by atoms with E-state index >= 15 is 0 Å². The van der Waals surface area contributed by atoms with Crippen molar-refractivity contribution in [1.82, 2.24) is 9.88 Å². The average molecular weight is 409 g/mol. The Labute approximate surface area is 151 Å². The van der Waals surface area contributed by atoms with Crippen LogP contribution in [0.25, 0.3) is 6.08 Å². The number of carbonyl (C=O) groups excluding carboxylic acids is 1. The summed E-state index contributed by atoms with van der Waals surface area (Å²) in [6.07, 6.45) is 5.00. The van der Waals surface area contributed by atoms with Gasteiger partial charge in [-0.15, -0.1) is 0 Å². The first kappa shape index (κ1) is 16.2. The van der Waals surface area contributed by atoms with Gasteiger partial charge in [0.2, 0.25) is 0 Å². The molecule has 1 saturated heterocycles. The number of pyridine rings is 1. The SMILES string of the molecule is CN1C(=O)/C(=C/c2cccc(Br)c2)SC1=Nc1ccncc1Cl. The van der Waals surface area contributed by atoms with Gasteiger partial charge in [0.1, 0.15) is 0 Å². The molecule has 4 nitrogen and oxygen atoms in total. The number of hydrogen-bond acceptors (Lipinski definition) is 4. The number of thioether (sulfide) groups is 1. The van der Waals surface area contributed by atoms with Crippen molar-refractivity contribution in [3.63, 3.8) is 0 Å². The fourth-order valence-electron chi connectivity index (χ4n) is 1.96. The second kappa shape index (κ2) is 6.86. The number of amides is 1. The number of halogens is 2. The van der Waals surface area contributed by atoms with E-state index in [0.29, 0.717) is 20.8 Å². The van der Waals surface area contributed by atoms with Gasteiger partial charge in [0.15, 0.2) is 5.17 Å². The molecule has 2 aromatic rings. The summed E-state index contributed by atoms with van der Waals surface area (Å²) in [6, 6.07) is 9.48. The Balaban J connectivity index is 1.93. The second-order valence-electron chi connectivity index (χ2n) is 4.75. The number of rotatable bonds is 2. The highest BCUT2D eigenvalue weighted by Crippen LogP contribution is 2.34. The minimum atomic E-state index is -0.0843. The topological polar surface area (TPSA) is 45.6 Å². The van der Waals surface area contributed by atoms with Gasteiger partial charge in [0.05, 0.1) is 15.6 Å². The summed E-state index contributed by atoms with van der Waals surface area (Å²) in [7, 11) is 1.70. The molecule has 2 heterocycles. The molecule has 3 rings (SSSR count). The lowest BCUT2D eigenvalue weighted by Crippen LogP contribution is -2.23. The average Bonchev–Trinajstić information content (AvgIpc) is 2.78. The monoisotopic (exact) mass is 407 g/mol. The molecular weight excluding hydrogens is 398 g/mol. The van der Waals surface area contributed by atoms with Crippen LogP contribution in [0, 0.1) is 0 Å². The van der Waals surface area contributed by atoms with Crippen LogP contribution in [0.4, 0.5) is 5.69 Å². The zero-order chi connectivity index (χ0) is 16.4. The van der Waals surface area contributed by atoms with Gasteiger partial charge < -0.3 is 0 Å². The van der Waals surface area contributed by atoms with E-state index in [1.807, 2.05) is 30.3 Å². The van der Waals surface area contributed by atoms with Gasteiger partial charge in [-0.2, -0.15) is 0 Å². The van der Waals surface area contributed by atoms with Crippen molar-refractivity contribution in [2.24, 2.45) is 4.99 Å². The largest absolute Gasteiger partial charge is 0.290 e. The maximum absolute atomic E-state index is 12.4. The molecule has 1 aromatic carbocycles. The molecule has 1 aliphatic rings. The van der Waals surface area contributed by atoms with E-state index in [1.54, 1.807) is 19.3 Å². The Morgan fingerprint density at radius 2 is 2.22 bits per heavy atom. The lowest BCUT2D eigenvalue weighted by molar-refractivity contribution is -0.121. The highest BCUT2D eigenvalue weighted by Gasteiger charge is 2.30. The molecule has 0 unspecified atom stereocenters. The fraction of sp³-hybridized carbons (Fsp3) is 0.0625. The quantitative estimate of drug-likeness (QED) is 0.675. The Hall–Kier alpha value is -1.63. The first-order valence-electron chi connectivity index (χ1n) is 6.66.